The van der Waals surface area contributed by atoms with E-state index < -0.39 is 6.09 Å². The van der Waals surface area contributed by atoms with Crippen LogP contribution >= 0.6 is 11.8 Å². The lowest BCUT2D eigenvalue weighted by Crippen LogP contribution is -2.47. The van der Waals surface area contributed by atoms with Crippen molar-refractivity contribution in [3.63, 3.8) is 0 Å². The van der Waals surface area contributed by atoms with Crippen LogP contribution in [0.4, 0.5) is 4.79 Å². The summed E-state index contributed by atoms with van der Waals surface area (Å²) < 4.78 is 0.193. The van der Waals surface area contributed by atoms with E-state index in [0.29, 0.717) is 13.1 Å². The molecule has 0 spiro atoms. The van der Waals surface area contributed by atoms with Gasteiger partial charge in [-0.1, -0.05) is 39.0 Å². The first kappa shape index (κ1) is 16.2. The number of carbonyl (C=O) groups is 1. The average Bonchev–Trinajstić information content (AvgIpc) is 2.40. The highest BCUT2D eigenvalue weighted by Gasteiger charge is 2.21. The number of piperazine rings is 1. The van der Waals surface area contributed by atoms with Crippen LogP contribution in [0.3, 0.4) is 0 Å². The molecule has 1 amide bonds. The molecule has 1 saturated heterocycles. The Balaban J connectivity index is 1.99. The van der Waals surface area contributed by atoms with Gasteiger partial charge in [0.1, 0.15) is 0 Å². The van der Waals surface area contributed by atoms with Gasteiger partial charge in [-0.3, -0.25) is 4.90 Å². The first-order valence-electron chi connectivity index (χ1n) is 7.32. The van der Waals surface area contributed by atoms with E-state index in [0.717, 1.165) is 19.6 Å². The molecule has 1 aromatic rings. The van der Waals surface area contributed by atoms with E-state index in [1.54, 1.807) is 0 Å². The molecule has 0 unspecified atom stereocenters. The van der Waals surface area contributed by atoms with Gasteiger partial charge in [-0.2, -0.15) is 0 Å². The zero-order chi connectivity index (χ0) is 15.5. The van der Waals surface area contributed by atoms with Crippen LogP contribution in [0.15, 0.2) is 29.2 Å². The highest BCUT2D eigenvalue weighted by atomic mass is 32.2. The largest absolute Gasteiger partial charge is 0.465 e. The first-order chi connectivity index (χ1) is 9.85. The van der Waals surface area contributed by atoms with Gasteiger partial charge in [-0.05, 0) is 11.6 Å². The predicted octanol–water partition coefficient (Wildman–Crippen LogP) is 3.37. The summed E-state index contributed by atoms with van der Waals surface area (Å²) in [5, 5.41) is 8.99. The van der Waals surface area contributed by atoms with Crippen molar-refractivity contribution in [1.29, 1.82) is 0 Å². The SMILES string of the molecule is CC(C)(C)Sc1ccccc1CN1CCN(C(=O)O)CC1. The van der Waals surface area contributed by atoms with Gasteiger partial charge >= 0.3 is 6.09 Å². The Morgan fingerprint density at radius 1 is 1.19 bits per heavy atom. The van der Waals surface area contributed by atoms with E-state index in [1.807, 2.05) is 11.8 Å². The number of thioether (sulfide) groups is 1. The molecule has 1 N–H and O–H groups in total. The van der Waals surface area contributed by atoms with Crippen LogP contribution in [-0.4, -0.2) is 51.9 Å². The average molecular weight is 308 g/mol. The van der Waals surface area contributed by atoms with Crippen LogP contribution in [0, 0.1) is 0 Å². The molecule has 2 rings (SSSR count). The van der Waals surface area contributed by atoms with Gasteiger partial charge in [0.2, 0.25) is 0 Å². The zero-order valence-corrected chi connectivity index (χ0v) is 13.8. The lowest BCUT2D eigenvalue weighted by atomic mass is 10.2. The Bertz CT molecular complexity index is 491. The highest BCUT2D eigenvalue weighted by Crippen LogP contribution is 2.34. The molecule has 0 saturated carbocycles. The third kappa shape index (κ3) is 4.93. The molecule has 116 valence electrons. The summed E-state index contributed by atoms with van der Waals surface area (Å²) in [5.74, 6) is 0. The number of hydrogen-bond donors (Lipinski definition) is 1. The fourth-order valence-corrected chi connectivity index (χ4v) is 3.47. The summed E-state index contributed by atoms with van der Waals surface area (Å²) in [5.41, 5.74) is 1.33. The summed E-state index contributed by atoms with van der Waals surface area (Å²) in [6, 6.07) is 8.52. The normalized spacial score (nSPS) is 17.0. The molecule has 4 nitrogen and oxygen atoms in total. The maximum atomic E-state index is 10.9. The van der Waals surface area contributed by atoms with E-state index in [2.05, 4.69) is 49.9 Å². The quantitative estimate of drug-likeness (QED) is 0.870. The van der Waals surface area contributed by atoms with Crippen LogP contribution in [-0.2, 0) is 6.54 Å². The van der Waals surface area contributed by atoms with E-state index in [9.17, 15) is 4.79 Å². The molecule has 1 heterocycles. The monoisotopic (exact) mass is 308 g/mol. The Morgan fingerprint density at radius 2 is 1.81 bits per heavy atom. The molecule has 5 heteroatoms. The topological polar surface area (TPSA) is 43.8 Å². The summed E-state index contributed by atoms with van der Waals surface area (Å²) in [6.45, 7) is 10.4. The molecule has 0 radical (unpaired) electrons. The molecule has 1 aliphatic rings. The maximum Gasteiger partial charge on any atom is 0.407 e. The number of benzene rings is 1. The first-order valence-corrected chi connectivity index (χ1v) is 8.14. The Labute approximate surface area is 131 Å². The minimum Gasteiger partial charge on any atom is -0.465 e. The molecule has 0 atom stereocenters. The van der Waals surface area contributed by atoms with Crippen LogP contribution in [0.5, 0.6) is 0 Å². The number of carboxylic acid groups (broad SMARTS) is 1. The Morgan fingerprint density at radius 3 is 2.38 bits per heavy atom. The van der Waals surface area contributed by atoms with Crippen molar-refractivity contribution in [2.24, 2.45) is 0 Å². The van der Waals surface area contributed by atoms with Crippen LogP contribution in [0.1, 0.15) is 26.3 Å². The van der Waals surface area contributed by atoms with Crippen molar-refractivity contribution in [2.45, 2.75) is 37.0 Å². The second kappa shape index (κ2) is 6.71. The van der Waals surface area contributed by atoms with Crippen molar-refractivity contribution < 1.29 is 9.90 Å². The van der Waals surface area contributed by atoms with Gasteiger partial charge in [0, 0.05) is 42.4 Å². The minimum atomic E-state index is -0.807. The maximum absolute atomic E-state index is 10.9. The summed E-state index contributed by atoms with van der Waals surface area (Å²) in [7, 11) is 0. The third-order valence-corrected chi connectivity index (χ3v) is 4.66. The molecule has 21 heavy (non-hydrogen) atoms. The zero-order valence-electron chi connectivity index (χ0n) is 13.0. The number of amides is 1. The van der Waals surface area contributed by atoms with Gasteiger partial charge in [0.25, 0.3) is 0 Å². The molecule has 0 aromatic heterocycles. The van der Waals surface area contributed by atoms with Gasteiger partial charge in [-0.15, -0.1) is 11.8 Å². The molecule has 1 aromatic carbocycles. The van der Waals surface area contributed by atoms with Gasteiger partial charge in [0.05, 0.1) is 0 Å². The van der Waals surface area contributed by atoms with Crippen molar-refractivity contribution >= 4 is 17.9 Å². The lowest BCUT2D eigenvalue weighted by molar-refractivity contribution is 0.102. The summed E-state index contributed by atoms with van der Waals surface area (Å²) in [4.78, 5) is 16.1. The second-order valence-corrected chi connectivity index (χ2v) is 8.24. The Kier molecular flexibility index (Phi) is 5.17. The van der Waals surface area contributed by atoms with Crippen LogP contribution in [0.2, 0.25) is 0 Å². The predicted molar refractivity (Wildman–Crippen MR) is 86.9 cm³/mol. The van der Waals surface area contributed by atoms with Crippen molar-refractivity contribution in [3.8, 4) is 0 Å². The van der Waals surface area contributed by atoms with E-state index in [-0.39, 0.29) is 4.75 Å². The fraction of sp³-hybridized carbons (Fsp3) is 0.562. The van der Waals surface area contributed by atoms with Crippen molar-refractivity contribution in [2.75, 3.05) is 26.2 Å². The minimum absolute atomic E-state index is 0.193. The van der Waals surface area contributed by atoms with E-state index in [1.165, 1.54) is 15.4 Å². The van der Waals surface area contributed by atoms with Crippen molar-refractivity contribution in [3.05, 3.63) is 29.8 Å². The number of rotatable bonds is 3. The lowest BCUT2D eigenvalue weighted by Gasteiger charge is -2.33. The van der Waals surface area contributed by atoms with Crippen molar-refractivity contribution in [1.82, 2.24) is 9.80 Å². The van der Waals surface area contributed by atoms with E-state index in [4.69, 9.17) is 5.11 Å². The van der Waals surface area contributed by atoms with Gasteiger partial charge < -0.3 is 10.0 Å². The van der Waals surface area contributed by atoms with Gasteiger partial charge in [-0.25, -0.2) is 4.79 Å². The third-order valence-electron chi connectivity index (χ3n) is 3.43. The molecule has 0 bridgehead atoms. The molecular weight excluding hydrogens is 284 g/mol. The molecule has 1 fully saturated rings. The fourth-order valence-electron chi connectivity index (χ4n) is 2.40. The summed E-state index contributed by atoms with van der Waals surface area (Å²) >= 11 is 1.89. The van der Waals surface area contributed by atoms with Crippen LogP contribution in [0.25, 0.3) is 0 Å². The number of nitrogens with zero attached hydrogens (tertiary/aromatic N) is 2. The molecule has 0 aliphatic carbocycles. The number of hydrogen-bond acceptors (Lipinski definition) is 3. The second-order valence-electron chi connectivity index (χ2n) is 6.37. The van der Waals surface area contributed by atoms with Gasteiger partial charge in [0.15, 0.2) is 0 Å². The van der Waals surface area contributed by atoms with E-state index >= 15 is 0 Å². The standard InChI is InChI=1S/C16H24N2O2S/c1-16(2,3)21-14-7-5-4-6-13(14)12-17-8-10-18(11-9-17)15(19)20/h4-7H,8-12H2,1-3H3,(H,19,20). The van der Waals surface area contributed by atoms with Crippen LogP contribution < -0.4 is 0 Å². The highest BCUT2D eigenvalue weighted by molar-refractivity contribution is 8.00. The smallest absolute Gasteiger partial charge is 0.407 e. The molecular formula is C16H24N2O2S. The Hall–Kier alpha value is -1.20. The molecule has 1 aliphatic heterocycles. The summed E-state index contributed by atoms with van der Waals surface area (Å²) in [6.07, 6.45) is -0.807.